The van der Waals surface area contributed by atoms with Crippen LogP contribution in [0.1, 0.15) is 19.8 Å². The lowest BCUT2D eigenvalue weighted by molar-refractivity contribution is 0.0633. The zero-order valence-electron chi connectivity index (χ0n) is 16.5. The third-order valence-electron chi connectivity index (χ3n) is 5.48. The molecule has 0 spiro atoms. The molecule has 1 amide bonds. The first-order valence-corrected chi connectivity index (χ1v) is 11.2. The monoisotopic (exact) mass is 411 g/mol. The molecule has 0 aromatic heterocycles. The summed E-state index contributed by atoms with van der Waals surface area (Å²) in [6, 6.07) is 6.90. The minimum Gasteiger partial charge on any atom is -0.497 e. The van der Waals surface area contributed by atoms with E-state index in [9.17, 15) is 13.2 Å². The number of likely N-dealkylation sites (tertiary alicyclic amines) is 1. The molecule has 2 aliphatic heterocycles. The average Bonchev–Trinajstić information content (AvgIpc) is 2.74. The number of piperazine rings is 1. The number of methoxy groups -OCH3 is 1. The van der Waals surface area contributed by atoms with Crippen molar-refractivity contribution in [3.8, 4) is 5.75 Å². The highest BCUT2D eigenvalue weighted by molar-refractivity contribution is 7.89. The molecule has 2 heterocycles. The van der Waals surface area contributed by atoms with E-state index in [1.807, 2.05) is 6.92 Å². The summed E-state index contributed by atoms with van der Waals surface area (Å²) in [5.41, 5.74) is 0. The Hall–Kier alpha value is -1.84. The summed E-state index contributed by atoms with van der Waals surface area (Å²) < 4.78 is 37.4. The number of ether oxygens (including phenoxy) is 2. The molecule has 156 valence electrons. The Morgan fingerprint density at radius 3 is 2.18 bits per heavy atom. The Morgan fingerprint density at radius 1 is 1.04 bits per heavy atom. The topological polar surface area (TPSA) is 79.4 Å². The predicted octanol–water partition coefficient (Wildman–Crippen LogP) is 1.62. The van der Waals surface area contributed by atoms with Crippen LogP contribution in [0.4, 0.5) is 4.79 Å². The van der Waals surface area contributed by atoms with Crippen molar-refractivity contribution in [3.05, 3.63) is 24.3 Å². The van der Waals surface area contributed by atoms with Gasteiger partial charge in [-0.25, -0.2) is 13.2 Å². The van der Waals surface area contributed by atoms with Gasteiger partial charge in [-0.05, 0) is 44.0 Å². The van der Waals surface area contributed by atoms with Crippen molar-refractivity contribution in [2.75, 3.05) is 53.0 Å². The third kappa shape index (κ3) is 4.59. The smallest absolute Gasteiger partial charge is 0.409 e. The van der Waals surface area contributed by atoms with Crippen LogP contribution in [0.15, 0.2) is 29.2 Å². The first-order valence-electron chi connectivity index (χ1n) is 9.75. The highest BCUT2D eigenvalue weighted by Crippen LogP contribution is 2.23. The van der Waals surface area contributed by atoms with Crippen LogP contribution in [0.25, 0.3) is 0 Å². The summed E-state index contributed by atoms with van der Waals surface area (Å²) in [7, 11) is -1.93. The van der Waals surface area contributed by atoms with Crippen molar-refractivity contribution >= 4 is 16.1 Å². The van der Waals surface area contributed by atoms with Gasteiger partial charge in [-0.1, -0.05) is 0 Å². The van der Waals surface area contributed by atoms with Crippen LogP contribution < -0.4 is 4.74 Å². The standard InChI is InChI=1S/C19H29N3O5S/c1-3-27-19(23)21-10-8-16(9-11-21)20-12-14-22(15-13-20)28(24,25)18-6-4-17(26-2)5-7-18/h4-7,16H,3,8-15H2,1-2H3. The van der Waals surface area contributed by atoms with Crippen LogP contribution in [-0.2, 0) is 14.8 Å². The van der Waals surface area contributed by atoms with E-state index in [-0.39, 0.29) is 6.09 Å². The number of hydrogen-bond donors (Lipinski definition) is 0. The van der Waals surface area contributed by atoms with Crippen molar-refractivity contribution < 1.29 is 22.7 Å². The summed E-state index contributed by atoms with van der Waals surface area (Å²) in [6.45, 7) is 5.95. The molecule has 1 aromatic rings. The Labute approximate surface area is 167 Å². The van der Waals surface area contributed by atoms with Gasteiger partial charge >= 0.3 is 6.09 Å². The Morgan fingerprint density at radius 2 is 1.64 bits per heavy atom. The zero-order valence-corrected chi connectivity index (χ0v) is 17.4. The van der Waals surface area contributed by atoms with Crippen molar-refractivity contribution in [2.24, 2.45) is 0 Å². The summed E-state index contributed by atoms with van der Waals surface area (Å²) in [4.78, 5) is 16.2. The summed E-state index contributed by atoms with van der Waals surface area (Å²) in [5.74, 6) is 0.637. The van der Waals surface area contributed by atoms with E-state index in [1.54, 1.807) is 40.6 Å². The SMILES string of the molecule is CCOC(=O)N1CCC(N2CCN(S(=O)(=O)c3ccc(OC)cc3)CC2)CC1. The number of carbonyl (C=O) groups excluding carboxylic acids is 1. The molecule has 2 aliphatic rings. The van der Waals surface area contributed by atoms with Gasteiger partial charge in [-0.15, -0.1) is 0 Å². The highest BCUT2D eigenvalue weighted by atomic mass is 32.2. The quantitative estimate of drug-likeness (QED) is 0.733. The number of carbonyl (C=O) groups is 1. The lowest BCUT2D eigenvalue weighted by atomic mass is 10.0. The maximum atomic E-state index is 12.9. The second kappa shape index (κ2) is 9.11. The summed E-state index contributed by atoms with van der Waals surface area (Å²) in [5, 5.41) is 0. The first-order chi connectivity index (χ1) is 13.5. The molecule has 1 aromatic carbocycles. The van der Waals surface area contributed by atoms with Gasteiger partial charge < -0.3 is 14.4 Å². The van der Waals surface area contributed by atoms with E-state index in [1.165, 1.54) is 0 Å². The Balaban J connectivity index is 1.52. The molecule has 28 heavy (non-hydrogen) atoms. The maximum absolute atomic E-state index is 12.9. The van der Waals surface area contributed by atoms with Gasteiger partial charge in [0.2, 0.25) is 10.0 Å². The number of benzene rings is 1. The number of sulfonamides is 1. The maximum Gasteiger partial charge on any atom is 0.409 e. The lowest BCUT2D eigenvalue weighted by Crippen LogP contribution is -2.54. The van der Waals surface area contributed by atoms with E-state index in [0.717, 1.165) is 12.8 Å². The van der Waals surface area contributed by atoms with Gasteiger partial charge in [-0.3, -0.25) is 4.90 Å². The third-order valence-corrected chi connectivity index (χ3v) is 7.39. The number of rotatable bonds is 5. The first kappa shape index (κ1) is 20.9. The normalized spacial score (nSPS) is 20.1. The van der Waals surface area contributed by atoms with E-state index in [4.69, 9.17) is 9.47 Å². The van der Waals surface area contributed by atoms with Crippen LogP contribution in [-0.4, -0.2) is 87.6 Å². The molecule has 0 aliphatic carbocycles. The average molecular weight is 412 g/mol. The second-order valence-corrected chi connectivity index (χ2v) is 8.97. The number of piperidine rings is 1. The molecule has 2 fully saturated rings. The van der Waals surface area contributed by atoms with Gasteiger partial charge in [0, 0.05) is 45.3 Å². The van der Waals surface area contributed by atoms with Gasteiger partial charge in [0.25, 0.3) is 0 Å². The highest BCUT2D eigenvalue weighted by Gasteiger charge is 2.33. The van der Waals surface area contributed by atoms with Crippen LogP contribution in [0.2, 0.25) is 0 Å². The molecule has 8 nitrogen and oxygen atoms in total. The molecule has 3 rings (SSSR count). The number of amides is 1. The fourth-order valence-electron chi connectivity index (χ4n) is 3.83. The van der Waals surface area contributed by atoms with E-state index < -0.39 is 10.0 Å². The molecular formula is C19H29N3O5S. The van der Waals surface area contributed by atoms with E-state index >= 15 is 0 Å². The number of hydrogen-bond acceptors (Lipinski definition) is 6. The molecule has 0 saturated carbocycles. The molecular weight excluding hydrogens is 382 g/mol. The van der Waals surface area contributed by atoms with Gasteiger partial charge in [0.1, 0.15) is 5.75 Å². The van der Waals surface area contributed by atoms with Gasteiger partial charge in [-0.2, -0.15) is 4.31 Å². The lowest BCUT2D eigenvalue weighted by Gasteiger charge is -2.42. The fraction of sp³-hybridized carbons (Fsp3) is 0.632. The molecule has 2 saturated heterocycles. The van der Waals surface area contributed by atoms with Gasteiger partial charge in [0.15, 0.2) is 0 Å². The zero-order chi connectivity index (χ0) is 20.1. The van der Waals surface area contributed by atoms with E-state index in [2.05, 4.69) is 4.90 Å². The summed E-state index contributed by atoms with van der Waals surface area (Å²) >= 11 is 0. The van der Waals surface area contributed by atoms with Crippen LogP contribution in [0, 0.1) is 0 Å². The predicted molar refractivity (Wildman–Crippen MR) is 105 cm³/mol. The van der Waals surface area contributed by atoms with Crippen molar-refractivity contribution in [1.82, 2.24) is 14.1 Å². The molecule has 0 unspecified atom stereocenters. The van der Waals surface area contributed by atoms with Crippen molar-refractivity contribution in [1.29, 1.82) is 0 Å². The molecule has 0 atom stereocenters. The number of nitrogens with zero attached hydrogens (tertiary/aromatic N) is 3. The van der Waals surface area contributed by atoms with Crippen molar-refractivity contribution in [2.45, 2.75) is 30.7 Å². The molecule has 9 heteroatoms. The van der Waals surface area contributed by atoms with Crippen LogP contribution >= 0.6 is 0 Å². The van der Waals surface area contributed by atoms with Crippen LogP contribution in [0.5, 0.6) is 5.75 Å². The minimum atomic E-state index is -3.49. The second-order valence-electron chi connectivity index (χ2n) is 7.03. The minimum absolute atomic E-state index is 0.239. The Bertz CT molecular complexity index is 752. The molecule has 0 radical (unpaired) electrons. The Kier molecular flexibility index (Phi) is 6.79. The molecule has 0 N–H and O–H groups in total. The molecule has 0 bridgehead atoms. The van der Waals surface area contributed by atoms with E-state index in [0.29, 0.717) is 62.6 Å². The van der Waals surface area contributed by atoms with Gasteiger partial charge in [0.05, 0.1) is 18.6 Å². The fourth-order valence-corrected chi connectivity index (χ4v) is 5.26. The summed E-state index contributed by atoms with van der Waals surface area (Å²) in [6.07, 6.45) is 1.55. The van der Waals surface area contributed by atoms with Crippen molar-refractivity contribution in [3.63, 3.8) is 0 Å². The van der Waals surface area contributed by atoms with Crippen LogP contribution in [0.3, 0.4) is 0 Å². The largest absolute Gasteiger partial charge is 0.497 e.